The Labute approximate surface area is 75.0 Å². The van der Waals surface area contributed by atoms with Crippen molar-refractivity contribution in [2.24, 2.45) is 0 Å². The van der Waals surface area contributed by atoms with Gasteiger partial charge in [0.1, 0.15) is 0 Å². The third-order valence-electron chi connectivity index (χ3n) is 1.49. The van der Waals surface area contributed by atoms with E-state index < -0.39 is 0 Å². The molecular weight excluding hydrogens is 180 g/mol. The van der Waals surface area contributed by atoms with E-state index in [-0.39, 0.29) is 5.78 Å². The van der Waals surface area contributed by atoms with Crippen LogP contribution in [0.15, 0.2) is 6.07 Å². The maximum atomic E-state index is 10.9. The zero-order valence-corrected chi connectivity index (χ0v) is 8.05. The maximum Gasteiger partial charge on any atom is 0.169 e. The second-order valence-corrected chi connectivity index (χ2v) is 3.97. The first-order valence-electron chi connectivity index (χ1n) is 3.44. The lowest BCUT2D eigenvalue weighted by Crippen LogP contribution is -1.84. The summed E-state index contributed by atoms with van der Waals surface area (Å²) in [6.45, 7) is 3.58. The van der Waals surface area contributed by atoms with E-state index in [1.165, 1.54) is 11.3 Å². The van der Waals surface area contributed by atoms with Crippen molar-refractivity contribution in [2.75, 3.05) is 0 Å². The minimum atomic E-state index is 0.0941. The van der Waals surface area contributed by atoms with E-state index in [1.54, 1.807) is 6.92 Å². The van der Waals surface area contributed by atoms with Gasteiger partial charge in [0.15, 0.2) is 5.78 Å². The first-order chi connectivity index (χ1) is 5.15. The SMILES string of the molecule is CCc1cc(C(C)=O)sc1Cl. The second-order valence-electron chi connectivity index (χ2n) is 2.32. The van der Waals surface area contributed by atoms with Crippen LogP contribution in [-0.4, -0.2) is 5.78 Å². The van der Waals surface area contributed by atoms with Crippen molar-refractivity contribution in [1.29, 1.82) is 0 Å². The molecule has 0 aromatic carbocycles. The lowest BCUT2D eigenvalue weighted by atomic mass is 10.2. The number of carbonyl (C=O) groups excluding carboxylic acids is 1. The van der Waals surface area contributed by atoms with Crippen molar-refractivity contribution in [1.82, 2.24) is 0 Å². The van der Waals surface area contributed by atoms with Crippen molar-refractivity contribution in [2.45, 2.75) is 20.3 Å². The molecule has 0 fully saturated rings. The Morgan fingerprint density at radius 3 is 2.64 bits per heavy atom. The largest absolute Gasteiger partial charge is 0.294 e. The van der Waals surface area contributed by atoms with Crippen molar-refractivity contribution in [3.8, 4) is 0 Å². The molecule has 3 heteroatoms. The van der Waals surface area contributed by atoms with E-state index in [0.717, 1.165) is 21.2 Å². The monoisotopic (exact) mass is 188 g/mol. The minimum Gasteiger partial charge on any atom is -0.294 e. The minimum absolute atomic E-state index is 0.0941. The molecule has 0 N–H and O–H groups in total. The molecule has 60 valence electrons. The summed E-state index contributed by atoms with van der Waals surface area (Å²) in [6.07, 6.45) is 0.891. The number of hydrogen-bond acceptors (Lipinski definition) is 2. The molecule has 0 aliphatic carbocycles. The van der Waals surface area contributed by atoms with Crippen LogP contribution in [0.2, 0.25) is 4.34 Å². The summed E-state index contributed by atoms with van der Waals surface area (Å²) in [4.78, 5) is 11.6. The average molecular weight is 189 g/mol. The van der Waals surface area contributed by atoms with E-state index in [4.69, 9.17) is 11.6 Å². The first kappa shape index (κ1) is 8.75. The predicted octanol–water partition coefficient (Wildman–Crippen LogP) is 3.17. The number of thiophene rings is 1. The normalized spacial score (nSPS) is 10.1. The molecule has 0 amide bonds. The molecule has 1 heterocycles. The quantitative estimate of drug-likeness (QED) is 0.652. The molecule has 1 aromatic heterocycles. The van der Waals surface area contributed by atoms with Gasteiger partial charge in [0.2, 0.25) is 0 Å². The Morgan fingerprint density at radius 1 is 1.73 bits per heavy atom. The van der Waals surface area contributed by atoms with Gasteiger partial charge < -0.3 is 0 Å². The van der Waals surface area contributed by atoms with E-state index in [1.807, 2.05) is 13.0 Å². The fraction of sp³-hybridized carbons (Fsp3) is 0.375. The Balaban J connectivity index is 3.05. The van der Waals surface area contributed by atoms with E-state index >= 15 is 0 Å². The van der Waals surface area contributed by atoms with E-state index in [0.29, 0.717) is 0 Å². The number of hydrogen-bond donors (Lipinski definition) is 0. The molecule has 1 rings (SSSR count). The van der Waals surface area contributed by atoms with Crippen LogP contribution in [0, 0.1) is 0 Å². The first-order valence-corrected chi connectivity index (χ1v) is 4.63. The van der Waals surface area contributed by atoms with Crippen molar-refractivity contribution < 1.29 is 4.79 Å². The highest BCUT2D eigenvalue weighted by Gasteiger charge is 2.07. The molecule has 0 radical (unpaired) electrons. The average Bonchev–Trinajstić information content (AvgIpc) is 2.31. The van der Waals surface area contributed by atoms with Gasteiger partial charge >= 0.3 is 0 Å². The highest BCUT2D eigenvalue weighted by Crippen LogP contribution is 2.27. The van der Waals surface area contributed by atoms with Crippen LogP contribution in [0.3, 0.4) is 0 Å². The van der Waals surface area contributed by atoms with Crippen LogP contribution in [0.4, 0.5) is 0 Å². The van der Waals surface area contributed by atoms with E-state index in [2.05, 4.69) is 0 Å². The number of rotatable bonds is 2. The highest BCUT2D eigenvalue weighted by molar-refractivity contribution is 7.18. The van der Waals surface area contributed by atoms with Crippen LogP contribution in [-0.2, 0) is 6.42 Å². The smallest absolute Gasteiger partial charge is 0.169 e. The van der Waals surface area contributed by atoms with Gasteiger partial charge in [-0.3, -0.25) is 4.79 Å². The van der Waals surface area contributed by atoms with Gasteiger partial charge in [0.25, 0.3) is 0 Å². The molecule has 1 aromatic rings. The fourth-order valence-electron chi connectivity index (χ4n) is 0.821. The fourth-order valence-corrected chi connectivity index (χ4v) is 2.13. The Morgan fingerprint density at radius 2 is 2.36 bits per heavy atom. The summed E-state index contributed by atoms with van der Waals surface area (Å²) in [6, 6.07) is 1.87. The summed E-state index contributed by atoms with van der Waals surface area (Å²) < 4.78 is 0.748. The van der Waals surface area contributed by atoms with Gasteiger partial charge in [0.05, 0.1) is 9.21 Å². The van der Waals surface area contributed by atoms with Crippen LogP contribution >= 0.6 is 22.9 Å². The van der Waals surface area contributed by atoms with Gasteiger partial charge in [-0.15, -0.1) is 11.3 Å². The number of Topliss-reactive ketones (excluding diaryl/α,β-unsaturated/α-hetero) is 1. The van der Waals surface area contributed by atoms with Gasteiger partial charge in [-0.1, -0.05) is 18.5 Å². The molecule has 0 atom stereocenters. The van der Waals surface area contributed by atoms with Crippen molar-refractivity contribution in [3.05, 3.63) is 20.8 Å². The van der Waals surface area contributed by atoms with Crippen LogP contribution in [0.5, 0.6) is 0 Å². The standard InChI is InChI=1S/C8H9ClOS/c1-3-6-4-7(5(2)10)11-8(6)9/h4H,3H2,1-2H3. The summed E-state index contributed by atoms with van der Waals surface area (Å²) in [5.41, 5.74) is 1.07. The molecule has 11 heavy (non-hydrogen) atoms. The lowest BCUT2D eigenvalue weighted by Gasteiger charge is -1.85. The molecule has 0 unspecified atom stereocenters. The van der Waals surface area contributed by atoms with Gasteiger partial charge in [-0.25, -0.2) is 0 Å². The van der Waals surface area contributed by atoms with Gasteiger partial charge in [0, 0.05) is 0 Å². The summed E-state index contributed by atoms with van der Waals surface area (Å²) in [5.74, 6) is 0.0941. The summed E-state index contributed by atoms with van der Waals surface area (Å²) >= 11 is 7.22. The number of carbonyl (C=O) groups is 1. The van der Waals surface area contributed by atoms with Gasteiger partial charge in [-0.05, 0) is 25.0 Å². The predicted molar refractivity (Wildman–Crippen MR) is 48.7 cm³/mol. The molecule has 0 aliphatic heterocycles. The summed E-state index contributed by atoms with van der Waals surface area (Å²) in [5, 5.41) is 0. The molecule has 0 aliphatic rings. The van der Waals surface area contributed by atoms with Crippen molar-refractivity contribution in [3.63, 3.8) is 0 Å². The molecule has 0 saturated heterocycles. The Bertz CT molecular complexity index is 278. The molecular formula is C8H9ClOS. The van der Waals surface area contributed by atoms with Crippen LogP contribution in [0.25, 0.3) is 0 Å². The topological polar surface area (TPSA) is 17.1 Å². The van der Waals surface area contributed by atoms with Gasteiger partial charge in [-0.2, -0.15) is 0 Å². The molecule has 1 nitrogen and oxygen atoms in total. The Hall–Kier alpha value is -0.340. The highest BCUT2D eigenvalue weighted by atomic mass is 35.5. The Kier molecular flexibility index (Phi) is 2.68. The van der Waals surface area contributed by atoms with Crippen molar-refractivity contribution >= 4 is 28.7 Å². The zero-order chi connectivity index (χ0) is 8.43. The number of ketones is 1. The van der Waals surface area contributed by atoms with Crippen LogP contribution < -0.4 is 0 Å². The zero-order valence-electron chi connectivity index (χ0n) is 6.48. The second kappa shape index (κ2) is 3.37. The maximum absolute atomic E-state index is 10.9. The molecule has 0 bridgehead atoms. The van der Waals surface area contributed by atoms with Crippen LogP contribution in [0.1, 0.15) is 29.1 Å². The third-order valence-corrected chi connectivity index (χ3v) is 3.03. The molecule has 0 saturated carbocycles. The lowest BCUT2D eigenvalue weighted by molar-refractivity contribution is 0.102. The molecule has 0 spiro atoms. The summed E-state index contributed by atoms with van der Waals surface area (Å²) in [7, 11) is 0. The third kappa shape index (κ3) is 1.82. The van der Waals surface area contributed by atoms with E-state index in [9.17, 15) is 4.79 Å². The number of halogens is 1. The number of aryl methyl sites for hydroxylation is 1.